The highest BCUT2D eigenvalue weighted by atomic mass is 35.5. The van der Waals surface area contributed by atoms with Gasteiger partial charge in [-0.2, -0.15) is 5.10 Å². The van der Waals surface area contributed by atoms with E-state index in [1.54, 1.807) is 24.8 Å². The van der Waals surface area contributed by atoms with Crippen molar-refractivity contribution in [2.45, 2.75) is 18.9 Å². The van der Waals surface area contributed by atoms with E-state index >= 15 is 4.39 Å². The minimum Gasteiger partial charge on any atom is -0.367 e. The van der Waals surface area contributed by atoms with E-state index in [0.717, 1.165) is 18.2 Å². The molecule has 3 heterocycles. The molecule has 0 amide bonds. The highest BCUT2D eigenvalue weighted by Gasteiger charge is 2.32. The Morgan fingerprint density at radius 1 is 1.32 bits per heavy atom. The largest absolute Gasteiger partial charge is 0.367 e. The van der Waals surface area contributed by atoms with Gasteiger partial charge in [0.25, 0.3) is 0 Å². The molecule has 25 heavy (non-hydrogen) atoms. The zero-order valence-corrected chi connectivity index (χ0v) is 14.1. The summed E-state index contributed by atoms with van der Waals surface area (Å²) in [7, 11) is 1.89. The van der Waals surface area contributed by atoms with Gasteiger partial charge >= 0.3 is 0 Å². The van der Waals surface area contributed by atoms with Crippen molar-refractivity contribution in [3.8, 4) is 11.3 Å². The van der Waals surface area contributed by atoms with Crippen LogP contribution in [0.4, 0.5) is 10.1 Å². The van der Waals surface area contributed by atoms with Crippen LogP contribution in [0.1, 0.15) is 12.8 Å². The average Bonchev–Trinajstić information content (AvgIpc) is 3.17. The third kappa shape index (κ3) is 2.12. The van der Waals surface area contributed by atoms with Gasteiger partial charge in [0.15, 0.2) is 11.5 Å². The first kappa shape index (κ1) is 14.7. The van der Waals surface area contributed by atoms with E-state index in [4.69, 9.17) is 11.6 Å². The monoisotopic (exact) mass is 356 g/mol. The van der Waals surface area contributed by atoms with Crippen molar-refractivity contribution in [2.24, 2.45) is 0 Å². The summed E-state index contributed by atoms with van der Waals surface area (Å²) in [5.74, 6) is -0.449. The van der Waals surface area contributed by atoms with Crippen LogP contribution in [0.15, 0.2) is 31.0 Å². The molecule has 0 radical (unpaired) electrons. The zero-order chi connectivity index (χ0) is 17.1. The van der Waals surface area contributed by atoms with E-state index in [1.165, 1.54) is 0 Å². The Balaban J connectivity index is 1.80. The molecule has 1 N–H and O–H groups in total. The molecule has 0 bridgehead atoms. The molecular weight excluding hydrogens is 343 g/mol. The van der Waals surface area contributed by atoms with Crippen LogP contribution in [-0.4, -0.2) is 37.7 Å². The summed E-state index contributed by atoms with van der Waals surface area (Å²) in [4.78, 5) is 10.5. The van der Waals surface area contributed by atoms with Crippen molar-refractivity contribution in [3.63, 3.8) is 0 Å². The quantitative estimate of drug-likeness (QED) is 0.608. The fraction of sp³-hybridized carbons (Fsp3) is 0.235. The lowest BCUT2D eigenvalue weighted by molar-refractivity contribution is 0.624. The molecule has 4 aromatic rings. The molecule has 0 unspecified atom stereocenters. The minimum atomic E-state index is -0.449. The smallest absolute Gasteiger partial charge is 0.167 e. The number of rotatable bonds is 3. The number of anilines is 1. The average molecular weight is 357 g/mol. The van der Waals surface area contributed by atoms with E-state index < -0.39 is 5.82 Å². The summed E-state index contributed by atoms with van der Waals surface area (Å²) in [5.41, 5.74) is 2.92. The van der Waals surface area contributed by atoms with E-state index in [0.29, 0.717) is 34.2 Å². The maximum atomic E-state index is 15.2. The van der Waals surface area contributed by atoms with E-state index in [9.17, 15) is 0 Å². The summed E-state index contributed by atoms with van der Waals surface area (Å²) >= 11 is 6.45. The number of aromatic nitrogens is 5. The SMILES string of the molecule is CN(c1c(F)c(Cl)c(-c2cn3ccnc3cn2)c2cn[nH]c12)C1CC1. The van der Waals surface area contributed by atoms with Crippen molar-refractivity contribution < 1.29 is 4.39 Å². The van der Waals surface area contributed by atoms with Gasteiger partial charge in [-0.05, 0) is 12.8 Å². The Kier molecular flexibility index (Phi) is 3.03. The Morgan fingerprint density at radius 2 is 2.16 bits per heavy atom. The molecule has 1 fully saturated rings. The van der Waals surface area contributed by atoms with Gasteiger partial charge in [0.2, 0.25) is 0 Å². The summed E-state index contributed by atoms with van der Waals surface area (Å²) in [5, 5.41) is 7.86. The van der Waals surface area contributed by atoms with Crippen LogP contribution in [0.5, 0.6) is 0 Å². The number of halogens is 2. The number of nitrogens with zero attached hydrogens (tertiary/aromatic N) is 5. The molecule has 1 saturated carbocycles. The number of H-pyrrole nitrogens is 1. The lowest BCUT2D eigenvalue weighted by Crippen LogP contribution is -2.21. The van der Waals surface area contributed by atoms with E-state index in [2.05, 4.69) is 20.2 Å². The molecule has 0 spiro atoms. The zero-order valence-electron chi connectivity index (χ0n) is 13.4. The number of imidazole rings is 1. The van der Waals surface area contributed by atoms with Crippen LogP contribution in [0, 0.1) is 5.82 Å². The van der Waals surface area contributed by atoms with Crippen molar-refractivity contribution in [1.29, 1.82) is 0 Å². The van der Waals surface area contributed by atoms with Gasteiger partial charge in [-0.3, -0.25) is 10.1 Å². The van der Waals surface area contributed by atoms with Gasteiger partial charge in [0.1, 0.15) is 5.69 Å². The van der Waals surface area contributed by atoms with E-state index in [-0.39, 0.29) is 5.02 Å². The number of nitrogens with one attached hydrogen (secondary N) is 1. The molecule has 0 saturated heterocycles. The fourth-order valence-corrected chi connectivity index (χ4v) is 3.57. The van der Waals surface area contributed by atoms with Gasteiger partial charge in [0.05, 0.1) is 28.6 Å². The fourth-order valence-electron chi connectivity index (χ4n) is 3.28. The van der Waals surface area contributed by atoms with Crippen LogP contribution in [-0.2, 0) is 0 Å². The van der Waals surface area contributed by atoms with Crippen molar-refractivity contribution in [3.05, 3.63) is 41.8 Å². The lowest BCUT2D eigenvalue weighted by atomic mass is 10.0. The Morgan fingerprint density at radius 3 is 2.96 bits per heavy atom. The maximum absolute atomic E-state index is 15.2. The molecule has 1 aliphatic carbocycles. The second kappa shape index (κ2) is 5.16. The van der Waals surface area contributed by atoms with Gasteiger partial charge < -0.3 is 9.30 Å². The van der Waals surface area contributed by atoms with Crippen molar-refractivity contribution in [2.75, 3.05) is 11.9 Å². The number of hydrogen-bond donors (Lipinski definition) is 1. The van der Waals surface area contributed by atoms with Gasteiger partial charge in [-0.15, -0.1) is 0 Å². The molecule has 8 heteroatoms. The maximum Gasteiger partial charge on any atom is 0.167 e. The number of fused-ring (bicyclic) bond motifs is 2. The molecule has 0 aliphatic heterocycles. The molecule has 5 rings (SSSR count). The molecule has 126 valence electrons. The van der Waals surface area contributed by atoms with Crippen molar-refractivity contribution in [1.82, 2.24) is 24.6 Å². The van der Waals surface area contributed by atoms with E-state index in [1.807, 2.05) is 22.5 Å². The molecule has 3 aromatic heterocycles. The van der Waals surface area contributed by atoms with Crippen LogP contribution < -0.4 is 4.90 Å². The molecule has 6 nitrogen and oxygen atoms in total. The molecule has 1 aliphatic rings. The van der Waals surface area contributed by atoms with Crippen LogP contribution >= 0.6 is 11.6 Å². The van der Waals surface area contributed by atoms with Gasteiger partial charge in [-0.1, -0.05) is 11.6 Å². The number of hydrogen-bond acceptors (Lipinski definition) is 4. The van der Waals surface area contributed by atoms with Crippen LogP contribution in [0.3, 0.4) is 0 Å². The normalized spacial score (nSPS) is 14.5. The predicted molar refractivity (Wildman–Crippen MR) is 94.5 cm³/mol. The molecular formula is C17H14ClFN6. The minimum absolute atomic E-state index is 0.0587. The molecule has 0 atom stereocenters. The topological polar surface area (TPSA) is 62.1 Å². The second-order valence-electron chi connectivity index (χ2n) is 6.32. The van der Waals surface area contributed by atoms with Gasteiger partial charge in [0, 0.05) is 42.6 Å². The van der Waals surface area contributed by atoms with Crippen LogP contribution in [0.2, 0.25) is 5.02 Å². The number of aromatic amines is 1. The lowest BCUT2D eigenvalue weighted by Gasteiger charge is -2.22. The Bertz CT molecular complexity index is 1110. The summed E-state index contributed by atoms with van der Waals surface area (Å²) < 4.78 is 17.0. The first-order valence-corrected chi connectivity index (χ1v) is 8.39. The number of benzene rings is 1. The third-order valence-corrected chi connectivity index (χ3v) is 5.10. The highest BCUT2D eigenvalue weighted by molar-refractivity contribution is 6.35. The highest BCUT2D eigenvalue weighted by Crippen LogP contribution is 2.44. The van der Waals surface area contributed by atoms with Gasteiger partial charge in [-0.25, -0.2) is 9.37 Å². The Hall–Kier alpha value is -2.67. The second-order valence-corrected chi connectivity index (χ2v) is 6.70. The van der Waals surface area contributed by atoms with Crippen LogP contribution in [0.25, 0.3) is 27.8 Å². The Labute approximate surface area is 147 Å². The first-order valence-electron chi connectivity index (χ1n) is 8.01. The predicted octanol–water partition coefficient (Wildman–Crippen LogP) is 3.66. The first-order chi connectivity index (χ1) is 12.1. The summed E-state index contributed by atoms with van der Waals surface area (Å²) in [6.07, 6.45) is 10.7. The molecule has 1 aromatic carbocycles. The summed E-state index contributed by atoms with van der Waals surface area (Å²) in [6, 6.07) is 0.350. The van der Waals surface area contributed by atoms with Crippen molar-refractivity contribution >= 4 is 33.8 Å². The summed E-state index contributed by atoms with van der Waals surface area (Å²) in [6.45, 7) is 0. The standard InChI is InChI=1S/C17H14ClFN6/c1-24(9-2-3-9)17-15(19)14(18)13(10-6-22-23-16(10)17)11-8-25-5-4-20-12(25)7-21-11/h4-9H,2-3H2,1H3,(H,22,23). The third-order valence-electron chi connectivity index (χ3n) is 4.75.